The van der Waals surface area contributed by atoms with Gasteiger partial charge >= 0.3 is 5.97 Å². The number of carboxylic acid groups (broad SMARTS) is 1. The molecule has 0 amide bonds. The number of benzene rings is 2. The van der Waals surface area contributed by atoms with Gasteiger partial charge in [-0.3, -0.25) is 5.10 Å². The van der Waals surface area contributed by atoms with Crippen molar-refractivity contribution in [2.45, 2.75) is 31.7 Å². The van der Waals surface area contributed by atoms with Crippen LogP contribution in [0.2, 0.25) is 10.0 Å². The third-order valence-corrected chi connectivity index (χ3v) is 6.85. The van der Waals surface area contributed by atoms with E-state index >= 15 is 0 Å². The molecule has 5 nitrogen and oxygen atoms in total. The van der Waals surface area contributed by atoms with Gasteiger partial charge in [-0.1, -0.05) is 35.3 Å². The van der Waals surface area contributed by atoms with Crippen LogP contribution in [0, 0.1) is 0 Å². The van der Waals surface area contributed by atoms with E-state index in [2.05, 4.69) is 33.2 Å². The van der Waals surface area contributed by atoms with Gasteiger partial charge in [0.1, 0.15) is 0 Å². The molecule has 2 aromatic heterocycles. The van der Waals surface area contributed by atoms with Gasteiger partial charge in [0.2, 0.25) is 0 Å². The lowest BCUT2D eigenvalue weighted by atomic mass is 9.93. The number of aromatic nitrogens is 3. The number of carboxylic acids is 1. The second kappa shape index (κ2) is 8.49. The van der Waals surface area contributed by atoms with Crippen LogP contribution in [0.5, 0.6) is 0 Å². The molecule has 0 radical (unpaired) electrons. The number of halogens is 2. The Labute approximate surface area is 195 Å². The maximum atomic E-state index is 11.1. The van der Waals surface area contributed by atoms with Gasteiger partial charge < -0.3 is 9.67 Å². The van der Waals surface area contributed by atoms with Crippen LogP contribution in [-0.2, 0) is 19.3 Å². The number of aromatic carboxylic acids is 1. The van der Waals surface area contributed by atoms with E-state index in [0.717, 1.165) is 41.5 Å². The van der Waals surface area contributed by atoms with Crippen LogP contribution in [-0.4, -0.2) is 25.8 Å². The number of carbonyl (C=O) groups is 1. The number of fused-ring (bicyclic) bond motifs is 1. The van der Waals surface area contributed by atoms with Crippen LogP contribution in [0.3, 0.4) is 0 Å². The van der Waals surface area contributed by atoms with E-state index in [1.54, 1.807) is 24.3 Å². The van der Waals surface area contributed by atoms with Crippen molar-refractivity contribution in [3.05, 3.63) is 99.0 Å². The van der Waals surface area contributed by atoms with Gasteiger partial charge in [-0.2, -0.15) is 5.10 Å². The smallest absolute Gasteiger partial charge is 0.335 e. The zero-order valence-electron chi connectivity index (χ0n) is 17.2. The van der Waals surface area contributed by atoms with Crippen LogP contribution in [0.15, 0.2) is 61.1 Å². The van der Waals surface area contributed by atoms with Crippen molar-refractivity contribution >= 4 is 29.2 Å². The zero-order chi connectivity index (χ0) is 22.2. The molecule has 1 aliphatic carbocycles. The molecule has 2 N–H and O–H groups in total. The number of aromatic amines is 1. The monoisotopic (exact) mass is 465 g/mol. The topological polar surface area (TPSA) is 70.9 Å². The summed E-state index contributed by atoms with van der Waals surface area (Å²) in [6.45, 7) is 0. The molecule has 0 spiro atoms. The van der Waals surface area contributed by atoms with E-state index < -0.39 is 5.97 Å². The van der Waals surface area contributed by atoms with Crippen LogP contribution in [0.1, 0.15) is 45.2 Å². The van der Waals surface area contributed by atoms with E-state index in [1.807, 2.05) is 18.3 Å². The lowest BCUT2D eigenvalue weighted by Crippen LogP contribution is -2.16. The Morgan fingerprint density at radius 3 is 2.59 bits per heavy atom. The maximum absolute atomic E-state index is 11.1. The Hall–Kier alpha value is -3.02. The van der Waals surface area contributed by atoms with Crippen molar-refractivity contribution in [1.82, 2.24) is 14.8 Å². The van der Waals surface area contributed by atoms with Crippen molar-refractivity contribution in [2.75, 3.05) is 0 Å². The highest BCUT2D eigenvalue weighted by Crippen LogP contribution is 2.34. The molecule has 7 heteroatoms. The molecular formula is C25H21Cl2N3O2. The molecule has 32 heavy (non-hydrogen) atoms. The van der Waals surface area contributed by atoms with Gasteiger partial charge in [-0.15, -0.1) is 0 Å². The van der Waals surface area contributed by atoms with Gasteiger partial charge in [0, 0.05) is 40.6 Å². The van der Waals surface area contributed by atoms with Gasteiger partial charge in [0.25, 0.3) is 0 Å². The summed E-state index contributed by atoms with van der Waals surface area (Å²) in [5, 5.41) is 17.5. The number of hydrogen-bond acceptors (Lipinski definition) is 2. The van der Waals surface area contributed by atoms with E-state index in [1.165, 1.54) is 11.3 Å². The van der Waals surface area contributed by atoms with Gasteiger partial charge in [0.15, 0.2) is 0 Å². The van der Waals surface area contributed by atoms with E-state index in [-0.39, 0.29) is 5.56 Å². The van der Waals surface area contributed by atoms with Crippen LogP contribution >= 0.6 is 23.2 Å². The molecule has 0 saturated heterocycles. The van der Waals surface area contributed by atoms with Crippen molar-refractivity contribution in [1.29, 1.82) is 0 Å². The number of hydrogen-bond donors (Lipinski definition) is 2. The second-order valence-electron chi connectivity index (χ2n) is 8.22. The third-order valence-electron chi connectivity index (χ3n) is 6.18. The maximum Gasteiger partial charge on any atom is 0.335 e. The SMILES string of the molecule is O=C(O)c1ccc(-c2cc(Cl)c(Cc3ccn(C4CCc5[nH]ncc5C4)c3)c(Cl)c2)cc1. The largest absolute Gasteiger partial charge is 0.478 e. The highest BCUT2D eigenvalue weighted by Gasteiger charge is 2.21. The molecule has 1 atom stereocenters. The fraction of sp³-hybridized carbons (Fsp3) is 0.200. The molecule has 0 aliphatic heterocycles. The number of nitrogens with one attached hydrogen (secondary N) is 1. The van der Waals surface area contributed by atoms with Crippen LogP contribution in [0.25, 0.3) is 11.1 Å². The molecule has 2 heterocycles. The molecule has 0 saturated carbocycles. The minimum Gasteiger partial charge on any atom is -0.478 e. The van der Waals surface area contributed by atoms with E-state index in [4.69, 9.17) is 28.3 Å². The molecule has 1 unspecified atom stereocenters. The average molecular weight is 466 g/mol. The van der Waals surface area contributed by atoms with Crippen molar-refractivity contribution in [2.24, 2.45) is 0 Å². The summed E-state index contributed by atoms with van der Waals surface area (Å²) in [6.07, 6.45) is 9.97. The van der Waals surface area contributed by atoms with Gasteiger partial charge in [-0.05, 0) is 77.4 Å². The molecule has 0 fully saturated rings. The minimum atomic E-state index is -0.951. The fourth-order valence-corrected chi connectivity index (χ4v) is 5.01. The Bertz CT molecular complexity index is 1270. The quantitative estimate of drug-likeness (QED) is 0.368. The summed E-state index contributed by atoms with van der Waals surface area (Å²) < 4.78 is 2.28. The summed E-state index contributed by atoms with van der Waals surface area (Å²) in [5.74, 6) is -0.951. The summed E-state index contributed by atoms with van der Waals surface area (Å²) >= 11 is 13.2. The van der Waals surface area contributed by atoms with E-state index in [9.17, 15) is 4.79 Å². The Morgan fingerprint density at radius 1 is 1.12 bits per heavy atom. The minimum absolute atomic E-state index is 0.244. The molecule has 0 bridgehead atoms. The highest BCUT2D eigenvalue weighted by atomic mass is 35.5. The summed E-state index contributed by atoms with van der Waals surface area (Å²) in [7, 11) is 0. The van der Waals surface area contributed by atoms with Gasteiger partial charge in [0.05, 0.1) is 11.8 Å². The first-order valence-electron chi connectivity index (χ1n) is 10.5. The molecule has 5 rings (SSSR count). The Kier molecular flexibility index (Phi) is 5.53. The molecule has 4 aromatic rings. The second-order valence-corrected chi connectivity index (χ2v) is 9.03. The van der Waals surface area contributed by atoms with Crippen LogP contribution < -0.4 is 0 Å². The highest BCUT2D eigenvalue weighted by molar-refractivity contribution is 6.36. The molecule has 2 aromatic carbocycles. The molecular weight excluding hydrogens is 445 g/mol. The zero-order valence-corrected chi connectivity index (χ0v) is 18.7. The standard InChI is InChI=1S/C25H21Cl2N3O2/c26-22-11-18(16-1-3-17(4-2-16)25(31)32)12-23(27)21(22)9-15-7-8-30(14-15)20-5-6-24-19(10-20)13-28-29-24/h1-4,7-8,11-14,20H,5-6,9-10H2,(H,28,29)(H,31,32). The lowest BCUT2D eigenvalue weighted by molar-refractivity contribution is 0.0697. The predicted octanol–water partition coefficient (Wildman–Crippen LogP) is 6.20. The van der Waals surface area contributed by atoms with Gasteiger partial charge in [-0.25, -0.2) is 4.79 Å². The summed E-state index contributed by atoms with van der Waals surface area (Å²) in [5.41, 5.74) is 6.57. The normalized spacial score (nSPS) is 15.5. The Balaban J connectivity index is 1.34. The first-order chi connectivity index (χ1) is 15.5. The first kappa shape index (κ1) is 20.9. The van der Waals surface area contributed by atoms with Crippen molar-refractivity contribution in [3.8, 4) is 11.1 Å². The first-order valence-corrected chi connectivity index (χ1v) is 11.2. The number of H-pyrrole nitrogens is 1. The average Bonchev–Trinajstić information content (AvgIpc) is 3.45. The molecule has 162 valence electrons. The third kappa shape index (κ3) is 4.06. The molecule has 1 aliphatic rings. The van der Waals surface area contributed by atoms with Crippen molar-refractivity contribution < 1.29 is 9.90 Å². The fourth-order valence-electron chi connectivity index (χ4n) is 4.39. The van der Waals surface area contributed by atoms with Crippen molar-refractivity contribution in [3.63, 3.8) is 0 Å². The number of rotatable bonds is 5. The number of aryl methyl sites for hydroxylation is 1. The van der Waals surface area contributed by atoms with E-state index in [0.29, 0.717) is 22.5 Å². The number of nitrogens with zero attached hydrogens (tertiary/aromatic N) is 2. The summed E-state index contributed by atoms with van der Waals surface area (Å²) in [6, 6.07) is 13.0. The predicted molar refractivity (Wildman–Crippen MR) is 126 cm³/mol. The van der Waals surface area contributed by atoms with Crippen LogP contribution in [0.4, 0.5) is 0 Å². The lowest BCUT2D eigenvalue weighted by Gasteiger charge is -2.23. The summed E-state index contributed by atoms with van der Waals surface area (Å²) in [4.78, 5) is 11.1. The Morgan fingerprint density at radius 2 is 1.88 bits per heavy atom.